The SMILES string of the molecule is Cc1cccc(Oc2ccc(F)c3c2CC[C@H]3Oc2ccc3c(c2)OCC3CC(=O)O)n1. The van der Waals surface area contributed by atoms with E-state index in [0.29, 0.717) is 48.1 Å². The van der Waals surface area contributed by atoms with E-state index in [1.165, 1.54) is 6.07 Å². The number of aromatic nitrogens is 1. The van der Waals surface area contributed by atoms with Crippen molar-refractivity contribution in [2.24, 2.45) is 0 Å². The van der Waals surface area contributed by atoms with Crippen LogP contribution in [-0.4, -0.2) is 22.7 Å². The maximum Gasteiger partial charge on any atom is 0.304 e. The first-order valence-corrected chi connectivity index (χ1v) is 10.6. The predicted molar refractivity (Wildman–Crippen MR) is 114 cm³/mol. The molecule has 2 heterocycles. The van der Waals surface area contributed by atoms with Gasteiger partial charge in [-0.2, -0.15) is 0 Å². The normalized spacial score (nSPS) is 18.6. The summed E-state index contributed by atoms with van der Waals surface area (Å²) >= 11 is 0. The fraction of sp³-hybridized carbons (Fsp3) is 0.280. The molecule has 1 unspecified atom stereocenters. The number of benzene rings is 2. The molecule has 3 aromatic rings. The van der Waals surface area contributed by atoms with Crippen LogP contribution in [-0.2, 0) is 11.2 Å². The molecule has 0 spiro atoms. The van der Waals surface area contributed by atoms with Gasteiger partial charge in [0.25, 0.3) is 0 Å². The third kappa shape index (κ3) is 3.86. The molecule has 32 heavy (non-hydrogen) atoms. The Hall–Kier alpha value is -3.61. The number of nitrogens with zero attached hydrogens (tertiary/aromatic N) is 1. The van der Waals surface area contributed by atoms with Crippen LogP contribution >= 0.6 is 0 Å². The minimum atomic E-state index is -0.858. The van der Waals surface area contributed by atoms with E-state index in [0.717, 1.165) is 16.8 Å². The fourth-order valence-corrected chi connectivity index (χ4v) is 4.42. The van der Waals surface area contributed by atoms with Crippen LogP contribution in [0.2, 0.25) is 0 Å². The molecule has 164 valence electrons. The van der Waals surface area contributed by atoms with Crippen molar-refractivity contribution < 1.29 is 28.5 Å². The van der Waals surface area contributed by atoms with Crippen molar-refractivity contribution in [3.8, 4) is 23.1 Å². The van der Waals surface area contributed by atoms with E-state index in [1.807, 2.05) is 25.1 Å². The highest BCUT2D eigenvalue weighted by molar-refractivity contribution is 5.68. The van der Waals surface area contributed by atoms with E-state index in [-0.39, 0.29) is 18.2 Å². The van der Waals surface area contributed by atoms with Crippen LogP contribution in [0.15, 0.2) is 48.5 Å². The number of aliphatic carboxylic acids is 1. The van der Waals surface area contributed by atoms with Gasteiger partial charge in [-0.15, -0.1) is 0 Å². The van der Waals surface area contributed by atoms with Crippen LogP contribution in [0.1, 0.15) is 47.2 Å². The second-order valence-corrected chi connectivity index (χ2v) is 8.11. The highest BCUT2D eigenvalue weighted by atomic mass is 19.1. The number of pyridine rings is 1. The van der Waals surface area contributed by atoms with Gasteiger partial charge in [0.05, 0.1) is 13.0 Å². The second-order valence-electron chi connectivity index (χ2n) is 8.11. The van der Waals surface area contributed by atoms with Gasteiger partial charge >= 0.3 is 5.97 Å². The monoisotopic (exact) mass is 435 g/mol. The molecular formula is C25H22FNO5. The molecule has 0 amide bonds. The molecule has 0 saturated heterocycles. The number of carboxylic acids is 1. The van der Waals surface area contributed by atoms with Crippen molar-refractivity contribution in [3.63, 3.8) is 0 Å². The predicted octanol–water partition coefficient (Wildman–Crippen LogP) is 5.34. The lowest BCUT2D eigenvalue weighted by Crippen LogP contribution is -2.07. The van der Waals surface area contributed by atoms with E-state index in [1.54, 1.807) is 24.3 Å². The third-order valence-electron chi connectivity index (χ3n) is 5.88. The van der Waals surface area contributed by atoms with Crippen LogP contribution in [0, 0.1) is 12.7 Å². The van der Waals surface area contributed by atoms with Crippen LogP contribution in [0.5, 0.6) is 23.1 Å². The van der Waals surface area contributed by atoms with E-state index >= 15 is 0 Å². The van der Waals surface area contributed by atoms with Crippen molar-refractivity contribution in [2.75, 3.05) is 6.61 Å². The van der Waals surface area contributed by atoms with Crippen LogP contribution in [0.3, 0.4) is 0 Å². The lowest BCUT2D eigenvalue weighted by Gasteiger charge is -2.17. The average Bonchev–Trinajstić information content (AvgIpc) is 3.35. The highest BCUT2D eigenvalue weighted by Gasteiger charge is 2.32. The molecule has 1 aliphatic heterocycles. The van der Waals surface area contributed by atoms with Gasteiger partial charge in [0, 0.05) is 40.4 Å². The quantitative estimate of drug-likeness (QED) is 0.563. The summed E-state index contributed by atoms with van der Waals surface area (Å²) in [5.74, 6) is 0.874. The molecule has 5 rings (SSSR count). The average molecular weight is 435 g/mol. The molecule has 1 aliphatic carbocycles. The van der Waals surface area contributed by atoms with Gasteiger partial charge in [-0.05, 0) is 44.0 Å². The van der Waals surface area contributed by atoms with E-state index in [4.69, 9.17) is 19.3 Å². The standard InChI is InChI=1S/C25H22FNO5/c1-14-3-2-4-23(27-14)32-20-10-8-19(26)25-18(20)7-9-21(25)31-16-5-6-17-15(11-24(28)29)13-30-22(17)12-16/h2-6,8,10,12,15,21H,7,9,11,13H2,1H3,(H,28,29)/t15?,21-/m1/s1. The van der Waals surface area contributed by atoms with Crippen LogP contribution in [0.25, 0.3) is 0 Å². The summed E-state index contributed by atoms with van der Waals surface area (Å²) in [4.78, 5) is 15.4. The van der Waals surface area contributed by atoms with Gasteiger partial charge in [0.2, 0.25) is 5.88 Å². The third-order valence-corrected chi connectivity index (χ3v) is 5.88. The van der Waals surface area contributed by atoms with Crippen molar-refractivity contribution in [2.45, 2.75) is 38.2 Å². The summed E-state index contributed by atoms with van der Waals surface area (Å²) in [7, 11) is 0. The number of halogens is 1. The first kappa shape index (κ1) is 20.3. The molecule has 2 aromatic carbocycles. The Morgan fingerprint density at radius 3 is 2.94 bits per heavy atom. The number of aryl methyl sites for hydroxylation is 1. The topological polar surface area (TPSA) is 77.9 Å². The van der Waals surface area contributed by atoms with E-state index < -0.39 is 12.1 Å². The Kier molecular flexibility index (Phi) is 5.17. The Morgan fingerprint density at radius 1 is 1.25 bits per heavy atom. The molecule has 0 saturated carbocycles. The molecule has 1 N–H and O–H groups in total. The smallest absolute Gasteiger partial charge is 0.304 e. The number of carboxylic acid groups (broad SMARTS) is 1. The number of hydrogen-bond donors (Lipinski definition) is 1. The van der Waals surface area contributed by atoms with Crippen molar-refractivity contribution in [1.29, 1.82) is 0 Å². The van der Waals surface area contributed by atoms with Gasteiger partial charge in [-0.25, -0.2) is 9.37 Å². The van der Waals surface area contributed by atoms with E-state index in [2.05, 4.69) is 4.98 Å². The first-order valence-electron chi connectivity index (χ1n) is 10.6. The molecule has 2 aliphatic rings. The Bertz CT molecular complexity index is 1190. The molecule has 0 bridgehead atoms. The molecule has 0 fully saturated rings. The zero-order valence-corrected chi connectivity index (χ0v) is 17.5. The summed E-state index contributed by atoms with van der Waals surface area (Å²) in [6.07, 6.45) is 0.815. The molecular weight excluding hydrogens is 413 g/mol. The minimum absolute atomic E-state index is 0.0208. The molecule has 1 aromatic heterocycles. The lowest BCUT2D eigenvalue weighted by atomic mass is 9.98. The van der Waals surface area contributed by atoms with Crippen molar-refractivity contribution in [3.05, 3.63) is 76.7 Å². The van der Waals surface area contributed by atoms with E-state index in [9.17, 15) is 9.18 Å². The molecule has 0 radical (unpaired) electrons. The highest BCUT2D eigenvalue weighted by Crippen LogP contribution is 2.44. The zero-order chi connectivity index (χ0) is 22.2. The number of hydrogen-bond acceptors (Lipinski definition) is 5. The largest absolute Gasteiger partial charge is 0.492 e. The molecule has 2 atom stereocenters. The molecule has 6 nitrogen and oxygen atoms in total. The number of carbonyl (C=O) groups is 1. The van der Waals surface area contributed by atoms with Gasteiger partial charge in [0.15, 0.2) is 0 Å². The number of ether oxygens (including phenoxy) is 3. The Morgan fingerprint density at radius 2 is 2.12 bits per heavy atom. The second kappa shape index (κ2) is 8.15. The Labute approximate surface area is 184 Å². The summed E-state index contributed by atoms with van der Waals surface area (Å²) in [5.41, 5.74) is 2.99. The van der Waals surface area contributed by atoms with Crippen molar-refractivity contribution >= 4 is 5.97 Å². The Balaban J connectivity index is 1.38. The van der Waals surface area contributed by atoms with Crippen LogP contribution in [0.4, 0.5) is 4.39 Å². The van der Waals surface area contributed by atoms with Gasteiger partial charge in [-0.1, -0.05) is 12.1 Å². The maximum absolute atomic E-state index is 14.8. The maximum atomic E-state index is 14.8. The zero-order valence-electron chi connectivity index (χ0n) is 17.5. The summed E-state index contributed by atoms with van der Waals surface area (Å²) < 4.78 is 32.5. The first-order chi connectivity index (χ1) is 15.5. The molecule has 7 heteroatoms. The van der Waals surface area contributed by atoms with Gasteiger partial charge in [0.1, 0.15) is 29.2 Å². The van der Waals surface area contributed by atoms with Gasteiger partial charge < -0.3 is 19.3 Å². The summed E-state index contributed by atoms with van der Waals surface area (Å²) in [6, 6.07) is 13.9. The minimum Gasteiger partial charge on any atom is -0.492 e. The van der Waals surface area contributed by atoms with Crippen LogP contribution < -0.4 is 14.2 Å². The lowest BCUT2D eigenvalue weighted by molar-refractivity contribution is -0.137. The number of fused-ring (bicyclic) bond motifs is 2. The number of rotatable bonds is 6. The summed E-state index contributed by atoms with van der Waals surface area (Å²) in [5, 5.41) is 9.06. The summed E-state index contributed by atoms with van der Waals surface area (Å²) in [6.45, 7) is 2.22. The van der Waals surface area contributed by atoms with Crippen molar-refractivity contribution in [1.82, 2.24) is 4.98 Å². The fourth-order valence-electron chi connectivity index (χ4n) is 4.42. The van der Waals surface area contributed by atoms with Gasteiger partial charge in [-0.3, -0.25) is 4.79 Å².